The third-order valence-electron chi connectivity index (χ3n) is 3.53. The van der Waals surface area contributed by atoms with Gasteiger partial charge in [-0.3, -0.25) is 0 Å². The molecule has 4 nitrogen and oxygen atoms in total. The molecule has 0 bridgehead atoms. The quantitative estimate of drug-likeness (QED) is 0.856. The van der Waals surface area contributed by atoms with Gasteiger partial charge < -0.3 is 9.64 Å². The van der Waals surface area contributed by atoms with Crippen LogP contribution in [0.15, 0.2) is 42.6 Å². The minimum atomic E-state index is 0.224. The molecule has 0 radical (unpaired) electrons. The van der Waals surface area contributed by atoms with Gasteiger partial charge in [0.25, 0.3) is 0 Å². The summed E-state index contributed by atoms with van der Waals surface area (Å²) in [6.07, 6.45) is 2.99. The van der Waals surface area contributed by atoms with E-state index in [1.54, 1.807) is 0 Å². The first-order chi connectivity index (χ1) is 9.81. The number of hydrogen-bond donors (Lipinski definition) is 0. The molecular weight excluding hydrogens is 250 g/mol. The van der Waals surface area contributed by atoms with Crippen molar-refractivity contribution in [3.63, 3.8) is 0 Å². The number of hydrogen-bond acceptors (Lipinski definition) is 4. The van der Waals surface area contributed by atoms with E-state index in [4.69, 9.17) is 4.74 Å². The number of aryl methyl sites for hydroxylation is 1. The SMILES string of the molecule is Cc1nccc(N2CCO[C@@H](Cc3ccccc3)C2)n1. The average molecular weight is 269 g/mol. The summed E-state index contributed by atoms with van der Waals surface area (Å²) in [6.45, 7) is 4.44. The first-order valence-corrected chi connectivity index (χ1v) is 7.01. The topological polar surface area (TPSA) is 38.2 Å². The number of ether oxygens (including phenoxy) is 1. The van der Waals surface area contributed by atoms with Crippen molar-refractivity contribution in [2.45, 2.75) is 19.4 Å². The zero-order chi connectivity index (χ0) is 13.8. The molecule has 3 rings (SSSR count). The van der Waals surface area contributed by atoms with Crippen LogP contribution in [0.1, 0.15) is 11.4 Å². The Labute approximate surface area is 119 Å². The Morgan fingerprint density at radius 2 is 2.10 bits per heavy atom. The van der Waals surface area contributed by atoms with Gasteiger partial charge in [0.15, 0.2) is 0 Å². The molecule has 0 unspecified atom stereocenters. The highest BCUT2D eigenvalue weighted by Crippen LogP contribution is 2.17. The molecule has 0 amide bonds. The molecule has 1 aromatic heterocycles. The smallest absolute Gasteiger partial charge is 0.132 e. The second-order valence-corrected chi connectivity index (χ2v) is 5.09. The number of morpholine rings is 1. The maximum Gasteiger partial charge on any atom is 0.132 e. The monoisotopic (exact) mass is 269 g/mol. The highest BCUT2D eigenvalue weighted by atomic mass is 16.5. The predicted octanol–water partition coefficient (Wildman–Crippen LogP) is 2.23. The Balaban J connectivity index is 1.67. The summed E-state index contributed by atoms with van der Waals surface area (Å²) in [4.78, 5) is 10.9. The van der Waals surface area contributed by atoms with E-state index >= 15 is 0 Å². The lowest BCUT2D eigenvalue weighted by Crippen LogP contribution is -2.43. The van der Waals surface area contributed by atoms with Crippen molar-refractivity contribution in [3.05, 3.63) is 54.0 Å². The van der Waals surface area contributed by atoms with Crippen LogP contribution >= 0.6 is 0 Å². The van der Waals surface area contributed by atoms with Crippen molar-refractivity contribution in [2.75, 3.05) is 24.6 Å². The fourth-order valence-electron chi connectivity index (χ4n) is 2.55. The van der Waals surface area contributed by atoms with Gasteiger partial charge in [-0.25, -0.2) is 9.97 Å². The standard InChI is InChI=1S/C16H19N3O/c1-13-17-8-7-16(18-13)19-9-10-20-15(12-19)11-14-5-3-2-4-6-14/h2-8,15H,9-12H2,1H3/t15-/m0/s1. The van der Waals surface area contributed by atoms with Gasteiger partial charge in [0.1, 0.15) is 11.6 Å². The zero-order valence-corrected chi connectivity index (χ0v) is 11.7. The van der Waals surface area contributed by atoms with Gasteiger partial charge in [0.2, 0.25) is 0 Å². The molecule has 4 heteroatoms. The molecule has 104 valence electrons. The Morgan fingerprint density at radius 1 is 1.25 bits per heavy atom. The van der Waals surface area contributed by atoms with Crippen molar-refractivity contribution >= 4 is 5.82 Å². The molecule has 20 heavy (non-hydrogen) atoms. The van der Waals surface area contributed by atoms with Gasteiger partial charge in [-0.2, -0.15) is 0 Å². The summed E-state index contributed by atoms with van der Waals surface area (Å²) in [5.74, 6) is 1.81. The maximum atomic E-state index is 5.88. The predicted molar refractivity (Wildman–Crippen MR) is 78.9 cm³/mol. The van der Waals surface area contributed by atoms with Gasteiger partial charge >= 0.3 is 0 Å². The molecular formula is C16H19N3O. The average Bonchev–Trinajstić information content (AvgIpc) is 2.49. The Hall–Kier alpha value is -1.94. The van der Waals surface area contributed by atoms with Crippen LogP contribution in [0.25, 0.3) is 0 Å². The van der Waals surface area contributed by atoms with Gasteiger partial charge in [0, 0.05) is 25.7 Å². The second kappa shape index (κ2) is 6.01. The fraction of sp³-hybridized carbons (Fsp3) is 0.375. The highest BCUT2D eigenvalue weighted by Gasteiger charge is 2.21. The molecule has 1 atom stereocenters. The Morgan fingerprint density at radius 3 is 2.90 bits per heavy atom. The largest absolute Gasteiger partial charge is 0.374 e. The Bertz CT molecular complexity index is 559. The lowest BCUT2D eigenvalue weighted by Gasteiger charge is -2.33. The highest BCUT2D eigenvalue weighted by molar-refractivity contribution is 5.38. The van der Waals surface area contributed by atoms with Crippen molar-refractivity contribution < 1.29 is 4.74 Å². The van der Waals surface area contributed by atoms with E-state index in [0.717, 1.165) is 37.8 Å². The molecule has 2 aromatic rings. The first-order valence-electron chi connectivity index (χ1n) is 7.01. The third kappa shape index (κ3) is 3.14. The van der Waals surface area contributed by atoms with E-state index in [9.17, 15) is 0 Å². The molecule has 0 spiro atoms. The van der Waals surface area contributed by atoms with Crippen LogP contribution in [0, 0.1) is 6.92 Å². The summed E-state index contributed by atoms with van der Waals surface area (Å²) >= 11 is 0. The van der Waals surface area contributed by atoms with Crippen molar-refractivity contribution in [2.24, 2.45) is 0 Å². The van der Waals surface area contributed by atoms with E-state index in [0.29, 0.717) is 0 Å². The number of rotatable bonds is 3. The molecule has 1 saturated heterocycles. The number of nitrogens with zero attached hydrogens (tertiary/aromatic N) is 3. The van der Waals surface area contributed by atoms with E-state index in [1.807, 2.05) is 25.3 Å². The van der Waals surface area contributed by atoms with Crippen molar-refractivity contribution in [3.8, 4) is 0 Å². The van der Waals surface area contributed by atoms with Crippen LogP contribution in [0.3, 0.4) is 0 Å². The molecule has 1 aliphatic rings. The molecule has 0 aliphatic carbocycles. The molecule has 1 aliphatic heterocycles. The summed E-state index contributed by atoms with van der Waals surface area (Å²) in [5.41, 5.74) is 1.32. The van der Waals surface area contributed by atoms with Gasteiger partial charge in [-0.1, -0.05) is 30.3 Å². The van der Waals surface area contributed by atoms with Gasteiger partial charge in [0.05, 0.1) is 12.7 Å². The molecule has 2 heterocycles. The Kier molecular flexibility index (Phi) is 3.92. The van der Waals surface area contributed by atoms with Crippen LogP contribution in [0.2, 0.25) is 0 Å². The van der Waals surface area contributed by atoms with Gasteiger partial charge in [-0.05, 0) is 18.6 Å². The fourth-order valence-corrected chi connectivity index (χ4v) is 2.55. The summed E-state index contributed by atoms with van der Waals surface area (Å²) in [5, 5.41) is 0. The van der Waals surface area contributed by atoms with Gasteiger partial charge in [-0.15, -0.1) is 0 Å². The third-order valence-corrected chi connectivity index (χ3v) is 3.53. The molecule has 0 N–H and O–H groups in total. The molecule has 0 saturated carbocycles. The second-order valence-electron chi connectivity index (χ2n) is 5.09. The summed E-state index contributed by atoms with van der Waals surface area (Å²) in [6, 6.07) is 12.5. The van der Waals surface area contributed by atoms with Crippen LogP contribution in [-0.2, 0) is 11.2 Å². The van der Waals surface area contributed by atoms with Crippen LogP contribution in [0.5, 0.6) is 0 Å². The minimum absolute atomic E-state index is 0.224. The van der Waals surface area contributed by atoms with Crippen LogP contribution in [-0.4, -0.2) is 35.8 Å². The summed E-state index contributed by atoms with van der Waals surface area (Å²) < 4.78 is 5.88. The number of aromatic nitrogens is 2. The van der Waals surface area contributed by atoms with E-state index in [2.05, 4.69) is 39.1 Å². The number of benzene rings is 1. The minimum Gasteiger partial charge on any atom is -0.374 e. The number of anilines is 1. The van der Waals surface area contributed by atoms with Crippen LogP contribution in [0.4, 0.5) is 5.82 Å². The van der Waals surface area contributed by atoms with Crippen molar-refractivity contribution in [1.82, 2.24) is 9.97 Å². The van der Waals surface area contributed by atoms with Crippen LogP contribution < -0.4 is 4.90 Å². The summed E-state index contributed by atoms with van der Waals surface area (Å²) in [7, 11) is 0. The first kappa shape index (κ1) is 13.1. The normalized spacial score (nSPS) is 19.1. The lowest BCUT2D eigenvalue weighted by molar-refractivity contribution is 0.0408. The molecule has 1 fully saturated rings. The van der Waals surface area contributed by atoms with E-state index in [1.165, 1.54) is 5.56 Å². The zero-order valence-electron chi connectivity index (χ0n) is 11.7. The van der Waals surface area contributed by atoms with E-state index in [-0.39, 0.29) is 6.10 Å². The lowest BCUT2D eigenvalue weighted by atomic mass is 10.1. The molecule has 1 aromatic carbocycles. The van der Waals surface area contributed by atoms with Crippen molar-refractivity contribution in [1.29, 1.82) is 0 Å². The maximum absolute atomic E-state index is 5.88. The van der Waals surface area contributed by atoms with E-state index < -0.39 is 0 Å².